The first kappa shape index (κ1) is 15.8. The van der Waals surface area contributed by atoms with Crippen molar-refractivity contribution in [3.8, 4) is 11.5 Å². The van der Waals surface area contributed by atoms with Gasteiger partial charge in [-0.15, -0.1) is 0 Å². The molecule has 22 heavy (non-hydrogen) atoms. The zero-order valence-electron chi connectivity index (χ0n) is 12.4. The van der Waals surface area contributed by atoms with E-state index in [4.69, 9.17) is 21.7 Å². The highest BCUT2D eigenvalue weighted by atomic mass is 32.1. The molecule has 0 atom stereocenters. The SMILES string of the molecule is COc1ccc(/C=N\NC(=S)Nc2ccccc2)cc1OC. The number of hydrazone groups is 1. The molecule has 0 aliphatic rings. The smallest absolute Gasteiger partial charge is 0.191 e. The van der Waals surface area contributed by atoms with Crippen molar-refractivity contribution in [3.05, 3.63) is 54.1 Å². The van der Waals surface area contributed by atoms with E-state index in [0.29, 0.717) is 16.6 Å². The van der Waals surface area contributed by atoms with Gasteiger partial charge in [-0.1, -0.05) is 18.2 Å². The molecule has 0 fully saturated rings. The maximum atomic E-state index is 5.24. The number of nitrogens with one attached hydrogen (secondary N) is 2. The highest BCUT2D eigenvalue weighted by Crippen LogP contribution is 2.26. The number of hydrogen-bond acceptors (Lipinski definition) is 4. The summed E-state index contributed by atoms with van der Waals surface area (Å²) in [4.78, 5) is 0. The van der Waals surface area contributed by atoms with Crippen molar-refractivity contribution >= 4 is 29.2 Å². The summed E-state index contributed by atoms with van der Waals surface area (Å²) in [6.07, 6.45) is 1.65. The fourth-order valence-corrected chi connectivity index (χ4v) is 1.95. The third-order valence-electron chi connectivity index (χ3n) is 2.82. The van der Waals surface area contributed by atoms with Crippen molar-refractivity contribution in [2.45, 2.75) is 0 Å². The van der Waals surface area contributed by atoms with E-state index in [1.54, 1.807) is 20.4 Å². The molecule has 114 valence electrons. The average molecular weight is 315 g/mol. The van der Waals surface area contributed by atoms with Gasteiger partial charge in [-0.2, -0.15) is 5.10 Å². The molecule has 0 saturated heterocycles. The Morgan fingerprint density at radius 1 is 1.05 bits per heavy atom. The first-order valence-corrected chi connectivity index (χ1v) is 7.01. The van der Waals surface area contributed by atoms with Crippen LogP contribution in [0.25, 0.3) is 0 Å². The van der Waals surface area contributed by atoms with E-state index in [9.17, 15) is 0 Å². The van der Waals surface area contributed by atoms with Crippen molar-refractivity contribution in [3.63, 3.8) is 0 Å². The predicted molar refractivity (Wildman–Crippen MR) is 92.9 cm³/mol. The number of ether oxygens (including phenoxy) is 2. The predicted octanol–water partition coefficient (Wildman–Crippen LogP) is 3.02. The van der Waals surface area contributed by atoms with Crippen LogP contribution in [0.4, 0.5) is 5.69 Å². The summed E-state index contributed by atoms with van der Waals surface area (Å²) in [7, 11) is 3.19. The summed E-state index contributed by atoms with van der Waals surface area (Å²) in [5, 5.41) is 7.54. The molecular formula is C16H17N3O2S. The van der Waals surface area contributed by atoms with Crippen LogP contribution >= 0.6 is 12.2 Å². The Hall–Kier alpha value is -2.60. The Bertz CT molecular complexity index is 660. The Morgan fingerprint density at radius 2 is 1.77 bits per heavy atom. The topological polar surface area (TPSA) is 54.9 Å². The Balaban J connectivity index is 1.93. The Labute approximate surface area is 134 Å². The molecule has 0 amide bonds. The van der Waals surface area contributed by atoms with Gasteiger partial charge in [0.2, 0.25) is 0 Å². The maximum absolute atomic E-state index is 5.24. The molecule has 0 spiro atoms. The summed E-state index contributed by atoms with van der Waals surface area (Å²) in [5.74, 6) is 1.32. The number of methoxy groups -OCH3 is 2. The summed E-state index contributed by atoms with van der Waals surface area (Å²) in [5.41, 5.74) is 4.54. The first-order chi connectivity index (χ1) is 10.7. The van der Waals surface area contributed by atoms with Gasteiger partial charge in [0.15, 0.2) is 16.6 Å². The normalized spacial score (nSPS) is 10.3. The lowest BCUT2D eigenvalue weighted by Gasteiger charge is -2.08. The van der Waals surface area contributed by atoms with Crippen molar-refractivity contribution in [2.24, 2.45) is 5.10 Å². The van der Waals surface area contributed by atoms with Gasteiger partial charge in [0.1, 0.15) is 0 Å². The van der Waals surface area contributed by atoms with Crippen LogP contribution in [-0.4, -0.2) is 25.5 Å². The molecule has 6 heteroatoms. The number of thiocarbonyl (C=S) groups is 1. The van der Waals surface area contributed by atoms with E-state index >= 15 is 0 Å². The molecule has 2 aromatic carbocycles. The molecule has 0 radical (unpaired) electrons. The van der Waals surface area contributed by atoms with Crippen molar-refractivity contribution < 1.29 is 9.47 Å². The van der Waals surface area contributed by atoms with E-state index in [2.05, 4.69) is 15.8 Å². The lowest BCUT2D eigenvalue weighted by Crippen LogP contribution is -2.23. The van der Waals surface area contributed by atoms with Gasteiger partial charge in [-0.3, -0.25) is 5.43 Å². The van der Waals surface area contributed by atoms with Crippen molar-refractivity contribution in [1.29, 1.82) is 0 Å². The monoisotopic (exact) mass is 315 g/mol. The molecule has 2 aromatic rings. The molecule has 0 unspecified atom stereocenters. The zero-order chi connectivity index (χ0) is 15.8. The van der Waals surface area contributed by atoms with E-state index in [-0.39, 0.29) is 0 Å². The van der Waals surface area contributed by atoms with Crippen molar-refractivity contribution in [1.82, 2.24) is 5.43 Å². The maximum Gasteiger partial charge on any atom is 0.191 e. The highest BCUT2D eigenvalue weighted by molar-refractivity contribution is 7.80. The lowest BCUT2D eigenvalue weighted by atomic mass is 10.2. The van der Waals surface area contributed by atoms with Crippen LogP contribution in [0.3, 0.4) is 0 Å². The second-order valence-electron chi connectivity index (χ2n) is 4.30. The molecule has 0 aromatic heterocycles. The number of para-hydroxylation sites is 1. The number of rotatable bonds is 5. The number of anilines is 1. The van der Waals surface area contributed by atoms with Gasteiger partial charge in [0.05, 0.1) is 20.4 Å². The minimum atomic E-state index is 0.419. The summed E-state index contributed by atoms with van der Waals surface area (Å²) in [6.45, 7) is 0. The number of nitrogens with zero attached hydrogens (tertiary/aromatic N) is 1. The second-order valence-corrected chi connectivity index (χ2v) is 4.71. The molecule has 0 aliphatic carbocycles. The van der Waals surface area contributed by atoms with E-state index in [1.165, 1.54) is 0 Å². The van der Waals surface area contributed by atoms with Gasteiger partial charge >= 0.3 is 0 Å². The van der Waals surface area contributed by atoms with Crippen LogP contribution in [0.15, 0.2) is 53.6 Å². The Kier molecular flexibility index (Phi) is 5.73. The minimum Gasteiger partial charge on any atom is -0.493 e. The summed E-state index contributed by atoms with van der Waals surface area (Å²) >= 11 is 5.16. The molecule has 5 nitrogen and oxygen atoms in total. The van der Waals surface area contributed by atoms with Crippen LogP contribution < -0.4 is 20.2 Å². The second kappa shape index (κ2) is 7.99. The molecular weight excluding hydrogens is 298 g/mol. The molecule has 0 saturated carbocycles. The fourth-order valence-electron chi connectivity index (χ4n) is 1.78. The van der Waals surface area contributed by atoms with E-state index < -0.39 is 0 Å². The molecule has 0 aliphatic heterocycles. The molecule has 2 rings (SSSR count). The first-order valence-electron chi connectivity index (χ1n) is 6.60. The van der Waals surface area contributed by atoms with Crippen LogP contribution in [0.5, 0.6) is 11.5 Å². The summed E-state index contributed by atoms with van der Waals surface area (Å²) < 4.78 is 10.4. The zero-order valence-corrected chi connectivity index (χ0v) is 13.2. The highest BCUT2D eigenvalue weighted by Gasteiger charge is 2.03. The van der Waals surface area contributed by atoms with Crippen LogP contribution in [0.1, 0.15) is 5.56 Å². The van der Waals surface area contributed by atoms with Gasteiger partial charge in [-0.25, -0.2) is 0 Å². The summed E-state index contributed by atoms with van der Waals surface area (Å²) in [6, 6.07) is 15.2. The van der Waals surface area contributed by atoms with Crippen LogP contribution in [0, 0.1) is 0 Å². The molecule has 0 bridgehead atoms. The number of hydrogen-bond donors (Lipinski definition) is 2. The largest absolute Gasteiger partial charge is 0.493 e. The lowest BCUT2D eigenvalue weighted by molar-refractivity contribution is 0.355. The van der Waals surface area contributed by atoms with Gasteiger partial charge in [-0.05, 0) is 48.1 Å². The Morgan fingerprint density at radius 3 is 2.45 bits per heavy atom. The van der Waals surface area contributed by atoms with Gasteiger partial charge in [0, 0.05) is 5.69 Å². The standard InChI is InChI=1S/C16H17N3O2S/c1-20-14-9-8-12(10-15(14)21-2)11-17-19-16(22)18-13-6-4-3-5-7-13/h3-11H,1-2H3,(H2,18,19,22)/b17-11-. The van der Waals surface area contributed by atoms with E-state index in [1.807, 2.05) is 48.5 Å². The molecule has 2 N–H and O–H groups in total. The fraction of sp³-hybridized carbons (Fsp3) is 0.125. The van der Waals surface area contributed by atoms with Crippen LogP contribution in [0.2, 0.25) is 0 Å². The van der Waals surface area contributed by atoms with Gasteiger partial charge in [0.25, 0.3) is 0 Å². The third kappa shape index (κ3) is 4.46. The quantitative estimate of drug-likeness (QED) is 0.505. The average Bonchev–Trinajstić information content (AvgIpc) is 2.55. The van der Waals surface area contributed by atoms with Gasteiger partial charge < -0.3 is 14.8 Å². The number of benzene rings is 2. The minimum absolute atomic E-state index is 0.419. The van der Waals surface area contributed by atoms with Crippen LogP contribution in [-0.2, 0) is 0 Å². The molecule has 0 heterocycles. The third-order valence-corrected chi connectivity index (χ3v) is 3.01. The van der Waals surface area contributed by atoms with E-state index in [0.717, 1.165) is 11.3 Å². The van der Waals surface area contributed by atoms with Crippen molar-refractivity contribution in [2.75, 3.05) is 19.5 Å².